The minimum atomic E-state index is 0.0122. The van der Waals surface area contributed by atoms with Crippen LogP contribution in [0.25, 0.3) is 0 Å². The average molecular weight is 251 g/mol. The van der Waals surface area contributed by atoms with Crippen LogP contribution in [0.15, 0.2) is 23.1 Å². The maximum atomic E-state index is 11.2. The van der Waals surface area contributed by atoms with Gasteiger partial charge < -0.3 is 10.5 Å². The van der Waals surface area contributed by atoms with Crippen LogP contribution in [0.1, 0.15) is 30.1 Å². The highest BCUT2D eigenvalue weighted by atomic mass is 32.2. The van der Waals surface area contributed by atoms with Gasteiger partial charge >= 0.3 is 0 Å². The molecule has 0 radical (unpaired) electrons. The summed E-state index contributed by atoms with van der Waals surface area (Å²) in [4.78, 5) is 12.3. The van der Waals surface area contributed by atoms with Crippen molar-refractivity contribution in [3.63, 3.8) is 0 Å². The lowest BCUT2D eigenvalue weighted by Crippen LogP contribution is -2.07. The average Bonchev–Trinajstić information content (AvgIpc) is 2.78. The predicted molar refractivity (Wildman–Crippen MR) is 70.6 cm³/mol. The van der Waals surface area contributed by atoms with Crippen molar-refractivity contribution in [3.05, 3.63) is 23.8 Å². The van der Waals surface area contributed by atoms with Gasteiger partial charge in [-0.25, -0.2) is 0 Å². The topological polar surface area (TPSA) is 52.3 Å². The normalized spacial score (nSPS) is 19.5. The Morgan fingerprint density at radius 1 is 1.59 bits per heavy atom. The van der Waals surface area contributed by atoms with Crippen LogP contribution in [0.4, 0.5) is 5.69 Å². The Balaban J connectivity index is 1.97. The van der Waals surface area contributed by atoms with E-state index in [0.717, 1.165) is 30.1 Å². The third-order valence-electron chi connectivity index (χ3n) is 2.86. The number of benzene rings is 1. The van der Waals surface area contributed by atoms with Crippen molar-refractivity contribution in [2.45, 2.75) is 30.8 Å². The highest BCUT2D eigenvalue weighted by molar-refractivity contribution is 7.99. The van der Waals surface area contributed by atoms with Gasteiger partial charge in [0.1, 0.15) is 0 Å². The molecule has 1 aromatic rings. The first-order chi connectivity index (χ1) is 8.16. The number of thioether (sulfide) groups is 1. The van der Waals surface area contributed by atoms with Crippen LogP contribution < -0.4 is 5.73 Å². The third-order valence-corrected chi connectivity index (χ3v) is 3.99. The van der Waals surface area contributed by atoms with Crippen molar-refractivity contribution in [1.82, 2.24) is 0 Å². The fourth-order valence-electron chi connectivity index (χ4n) is 1.92. The van der Waals surface area contributed by atoms with Gasteiger partial charge in [-0.05, 0) is 38.0 Å². The molecule has 0 spiro atoms. The molecule has 1 heterocycles. The summed E-state index contributed by atoms with van der Waals surface area (Å²) in [5.41, 5.74) is 7.01. The van der Waals surface area contributed by atoms with Crippen LogP contribution in [-0.2, 0) is 4.74 Å². The van der Waals surface area contributed by atoms with E-state index in [-0.39, 0.29) is 5.78 Å². The van der Waals surface area contributed by atoms with Crippen molar-refractivity contribution >= 4 is 23.2 Å². The molecule has 0 amide bonds. The SMILES string of the molecule is CC(=O)c1ccc(SCC2CCCO2)cc1N. The Hall–Kier alpha value is -1.00. The van der Waals surface area contributed by atoms with Crippen molar-refractivity contribution in [2.24, 2.45) is 0 Å². The van der Waals surface area contributed by atoms with E-state index in [1.54, 1.807) is 17.8 Å². The van der Waals surface area contributed by atoms with Crippen LogP contribution in [0.5, 0.6) is 0 Å². The summed E-state index contributed by atoms with van der Waals surface area (Å²) in [7, 11) is 0. The molecule has 1 saturated heterocycles. The van der Waals surface area contributed by atoms with E-state index in [4.69, 9.17) is 10.5 Å². The zero-order chi connectivity index (χ0) is 12.3. The molecule has 2 N–H and O–H groups in total. The molecule has 1 fully saturated rings. The van der Waals surface area contributed by atoms with Crippen LogP contribution in [0.2, 0.25) is 0 Å². The second-order valence-corrected chi connectivity index (χ2v) is 5.34. The van der Waals surface area contributed by atoms with Gasteiger partial charge in [0, 0.05) is 28.5 Å². The molecule has 17 heavy (non-hydrogen) atoms. The second kappa shape index (κ2) is 5.56. The summed E-state index contributed by atoms with van der Waals surface area (Å²) in [6, 6.07) is 5.62. The molecule has 4 heteroatoms. The van der Waals surface area contributed by atoms with E-state index < -0.39 is 0 Å². The predicted octanol–water partition coefficient (Wildman–Crippen LogP) is 2.74. The van der Waals surface area contributed by atoms with Crippen LogP contribution in [0.3, 0.4) is 0 Å². The molecule has 0 bridgehead atoms. The smallest absolute Gasteiger partial charge is 0.161 e. The maximum Gasteiger partial charge on any atom is 0.161 e. The van der Waals surface area contributed by atoms with E-state index in [1.165, 1.54) is 6.92 Å². The van der Waals surface area contributed by atoms with Crippen LogP contribution in [-0.4, -0.2) is 24.2 Å². The molecule has 92 valence electrons. The number of Topliss-reactive ketones (excluding diaryl/α,β-unsaturated/α-hetero) is 1. The number of ether oxygens (including phenoxy) is 1. The molecule has 0 aliphatic carbocycles. The van der Waals surface area contributed by atoms with Gasteiger partial charge in [-0.3, -0.25) is 4.79 Å². The first kappa shape index (κ1) is 12.5. The Labute approximate surface area is 106 Å². The Bertz CT molecular complexity index is 414. The molecule has 2 rings (SSSR count). The number of nitrogen functional groups attached to an aromatic ring is 1. The van der Waals surface area contributed by atoms with Gasteiger partial charge in [0.05, 0.1) is 6.10 Å². The van der Waals surface area contributed by atoms with Gasteiger partial charge in [-0.1, -0.05) is 0 Å². The lowest BCUT2D eigenvalue weighted by molar-refractivity contribution is 0.101. The van der Waals surface area contributed by atoms with E-state index in [1.807, 2.05) is 12.1 Å². The number of ketones is 1. The molecule has 3 nitrogen and oxygen atoms in total. The number of nitrogens with two attached hydrogens (primary N) is 1. The summed E-state index contributed by atoms with van der Waals surface area (Å²) in [5, 5.41) is 0. The zero-order valence-electron chi connectivity index (χ0n) is 9.94. The van der Waals surface area contributed by atoms with Crippen molar-refractivity contribution < 1.29 is 9.53 Å². The molecule has 1 atom stereocenters. The molecular formula is C13H17NO2S. The number of hydrogen-bond donors (Lipinski definition) is 1. The minimum absolute atomic E-state index is 0.0122. The first-order valence-electron chi connectivity index (χ1n) is 5.81. The van der Waals surface area contributed by atoms with Gasteiger partial charge in [-0.15, -0.1) is 11.8 Å². The molecule has 1 aliphatic rings. The standard InChI is InChI=1S/C13H17NO2S/c1-9(15)12-5-4-11(7-13(12)14)17-8-10-3-2-6-16-10/h4-5,7,10H,2-3,6,8,14H2,1H3. The molecule has 0 saturated carbocycles. The van der Waals surface area contributed by atoms with Crippen LogP contribution in [0, 0.1) is 0 Å². The van der Waals surface area contributed by atoms with Gasteiger partial charge in [0.25, 0.3) is 0 Å². The van der Waals surface area contributed by atoms with E-state index in [0.29, 0.717) is 17.4 Å². The van der Waals surface area contributed by atoms with E-state index >= 15 is 0 Å². The molecule has 1 aliphatic heterocycles. The van der Waals surface area contributed by atoms with Gasteiger partial charge in [0.2, 0.25) is 0 Å². The summed E-state index contributed by atoms with van der Waals surface area (Å²) in [6.07, 6.45) is 2.68. The number of carbonyl (C=O) groups excluding carboxylic acids is 1. The largest absolute Gasteiger partial charge is 0.398 e. The lowest BCUT2D eigenvalue weighted by Gasteiger charge is -2.09. The van der Waals surface area contributed by atoms with Gasteiger partial charge in [0.15, 0.2) is 5.78 Å². The van der Waals surface area contributed by atoms with Crippen molar-refractivity contribution in [2.75, 3.05) is 18.1 Å². The first-order valence-corrected chi connectivity index (χ1v) is 6.80. The molecule has 1 aromatic carbocycles. The Morgan fingerprint density at radius 2 is 2.41 bits per heavy atom. The highest BCUT2D eigenvalue weighted by Gasteiger charge is 2.15. The fourth-order valence-corrected chi connectivity index (χ4v) is 2.93. The van der Waals surface area contributed by atoms with E-state index in [2.05, 4.69) is 0 Å². The second-order valence-electron chi connectivity index (χ2n) is 4.25. The van der Waals surface area contributed by atoms with Gasteiger partial charge in [-0.2, -0.15) is 0 Å². The summed E-state index contributed by atoms with van der Waals surface area (Å²) in [5.74, 6) is 0.969. The fraction of sp³-hybridized carbons (Fsp3) is 0.462. The lowest BCUT2D eigenvalue weighted by atomic mass is 10.1. The third kappa shape index (κ3) is 3.23. The number of rotatable bonds is 4. The number of carbonyl (C=O) groups is 1. The van der Waals surface area contributed by atoms with Crippen molar-refractivity contribution in [1.29, 1.82) is 0 Å². The molecular weight excluding hydrogens is 234 g/mol. The quantitative estimate of drug-likeness (QED) is 0.508. The monoisotopic (exact) mass is 251 g/mol. The molecule has 0 aromatic heterocycles. The molecule has 1 unspecified atom stereocenters. The summed E-state index contributed by atoms with van der Waals surface area (Å²) >= 11 is 1.74. The van der Waals surface area contributed by atoms with E-state index in [9.17, 15) is 4.79 Å². The summed E-state index contributed by atoms with van der Waals surface area (Å²) < 4.78 is 5.56. The zero-order valence-corrected chi connectivity index (χ0v) is 10.8. The minimum Gasteiger partial charge on any atom is -0.398 e. The number of anilines is 1. The Morgan fingerprint density at radius 3 is 3.00 bits per heavy atom. The maximum absolute atomic E-state index is 11.2. The Kier molecular flexibility index (Phi) is 4.07. The number of hydrogen-bond acceptors (Lipinski definition) is 4. The van der Waals surface area contributed by atoms with Crippen molar-refractivity contribution in [3.8, 4) is 0 Å². The summed E-state index contributed by atoms with van der Waals surface area (Å²) in [6.45, 7) is 2.42. The van der Waals surface area contributed by atoms with Crippen LogP contribution >= 0.6 is 11.8 Å². The highest BCUT2D eigenvalue weighted by Crippen LogP contribution is 2.26.